The Labute approximate surface area is 76.8 Å². The summed E-state index contributed by atoms with van der Waals surface area (Å²) in [6.07, 6.45) is 2.59. The normalized spacial score (nSPS) is 8.50. The Morgan fingerprint density at radius 3 is 2.92 bits per heavy atom. The van der Waals surface area contributed by atoms with E-state index in [2.05, 4.69) is 10.3 Å². The summed E-state index contributed by atoms with van der Waals surface area (Å²) in [5, 5.41) is 5.85. The van der Waals surface area contributed by atoms with Crippen molar-refractivity contribution in [1.29, 1.82) is 0 Å². The highest BCUT2D eigenvalue weighted by molar-refractivity contribution is 7.09. The van der Waals surface area contributed by atoms with Crippen LogP contribution in [0.2, 0.25) is 0 Å². The number of nitrogens with zero attached hydrogens (tertiary/aromatic N) is 1. The fourth-order valence-corrected chi connectivity index (χ4v) is 1.16. The molecular formula is C8H14N2OS. The number of aldehydes is 1. The first kappa shape index (κ1) is 11.3. The van der Waals surface area contributed by atoms with Gasteiger partial charge in [0.1, 0.15) is 11.3 Å². The molecule has 0 aliphatic heterocycles. The van der Waals surface area contributed by atoms with Gasteiger partial charge in [0.2, 0.25) is 0 Å². The minimum absolute atomic E-state index is 0.402. The standard InChI is InChI=1S/C6H8N2OS.C2H6/c9-3-1-7-5-6-8-2-4-10-6;1-2/h2-4,7H,1,5H2;1-2H3. The van der Waals surface area contributed by atoms with Crippen molar-refractivity contribution in [3.8, 4) is 0 Å². The smallest absolute Gasteiger partial charge is 0.133 e. The average molecular weight is 186 g/mol. The minimum atomic E-state index is 0.402. The summed E-state index contributed by atoms with van der Waals surface area (Å²) >= 11 is 1.58. The van der Waals surface area contributed by atoms with E-state index in [-0.39, 0.29) is 0 Å². The van der Waals surface area contributed by atoms with Crippen molar-refractivity contribution in [2.45, 2.75) is 20.4 Å². The second kappa shape index (κ2) is 8.36. The quantitative estimate of drug-likeness (QED) is 0.571. The summed E-state index contributed by atoms with van der Waals surface area (Å²) in [5.74, 6) is 0. The Bertz CT molecular complexity index is 187. The van der Waals surface area contributed by atoms with Gasteiger partial charge in [-0.1, -0.05) is 13.8 Å². The first-order valence-electron chi connectivity index (χ1n) is 3.96. The zero-order valence-corrected chi connectivity index (χ0v) is 8.23. The van der Waals surface area contributed by atoms with Crippen LogP contribution in [0, 0.1) is 0 Å². The van der Waals surface area contributed by atoms with Crippen LogP contribution in [0.1, 0.15) is 18.9 Å². The third kappa shape index (κ3) is 4.98. The Morgan fingerprint density at radius 2 is 2.42 bits per heavy atom. The molecule has 0 unspecified atom stereocenters. The molecule has 0 radical (unpaired) electrons. The van der Waals surface area contributed by atoms with Crippen LogP contribution in [0.25, 0.3) is 0 Å². The van der Waals surface area contributed by atoms with Crippen LogP contribution in [0.15, 0.2) is 11.6 Å². The van der Waals surface area contributed by atoms with E-state index in [1.54, 1.807) is 17.5 Å². The molecule has 0 spiro atoms. The molecule has 1 aromatic heterocycles. The molecule has 1 N–H and O–H groups in total. The predicted octanol–water partition coefficient (Wildman–Crippen LogP) is 1.46. The van der Waals surface area contributed by atoms with E-state index in [0.717, 1.165) is 11.3 Å². The molecule has 0 bridgehead atoms. The number of aromatic nitrogens is 1. The van der Waals surface area contributed by atoms with E-state index >= 15 is 0 Å². The fourth-order valence-electron chi connectivity index (χ4n) is 0.578. The number of hydrogen-bond acceptors (Lipinski definition) is 4. The molecule has 1 aromatic rings. The molecule has 0 aliphatic rings. The van der Waals surface area contributed by atoms with Gasteiger partial charge < -0.3 is 10.1 Å². The molecule has 4 heteroatoms. The lowest BCUT2D eigenvalue weighted by Gasteiger charge is -1.93. The minimum Gasteiger partial charge on any atom is -0.304 e. The summed E-state index contributed by atoms with van der Waals surface area (Å²) in [6, 6.07) is 0. The topological polar surface area (TPSA) is 42.0 Å². The molecule has 12 heavy (non-hydrogen) atoms. The van der Waals surface area contributed by atoms with E-state index in [0.29, 0.717) is 13.1 Å². The lowest BCUT2D eigenvalue weighted by atomic mass is 10.6. The molecule has 1 heterocycles. The maximum Gasteiger partial charge on any atom is 0.133 e. The molecule has 1 rings (SSSR count). The zero-order chi connectivity index (χ0) is 9.23. The van der Waals surface area contributed by atoms with Crippen molar-refractivity contribution in [2.24, 2.45) is 0 Å². The SMILES string of the molecule is CC.O=CCNCc1nccs1. The van der Waals surface area contributed by atoms with Crippen molar-refractivity contribution in [1.82, 2.24) is 10.3 Å². The molecule has 0 aromatic carbocycles. The van der Waals surface area contributed by atoms with Crippen molar-refractivity contribution >= 4 is 17.6 Å². The second-order valence-electron chi connectivity index (χ2n) is 1.72. The van der Waals surface area contributed by atoms with Gasteiger partial charge in [-0.3, -0.25) is 0 Å². The van der Waals surface area contributed by atoms with E-state index in [4.69, 9.17) is 0 Å². The van der Waals surface area contributed by atoms with E-state index < -0.39 is 0 Å². The Hall–Kier alpha value is -0.740. The Kier molecular flexibility index (Phi) is 7.84. The monoisotopic (exact) mass is 186 g/mol. The van der Waals surface area contributed by atoms with Crippen LogP contribution >= 0.6 is 11.3 Å². The molecule has 0 saturated heterocycles. The van der Waals surface area contributed by atoms with Gasteiger partial charge >= 0.3 is 0 Å². The lowest BCUT2D eigenvalue weighted by molar-refractivity contribution is -0.107. The largest absolute Gasteiger partial charge is 0.304 e. The molecular weight excluding hydrogens is 172 g/mol. The molecule has 0 atom stereocenters. The Balaban J connectivity index is 0.000000561. The predicted molar refractivity (Wildman–Crippen MR) is 51.2 cm³/mol. The second-order valence-corrected chi connectivity index (χ2v) is 2.70. The van der Waals surface area contributed by atoms with Gasteiger partial charge in [0, 0.05) is 18.1 Å². The number of nitrogens with one attached hydrogen (secondary N) is 1. The summed E-state index contributed by atoms with van der Waals surface area (Å²) < 4.78 is 0. The van der Waals surface area contributed by atoms with Crippen molar-refractivity contribution in [2.75, 3.05) is 6.54 Å². The summed E-state index contributed by atoms with van der Waals surface area (Å²) in [4.78, 5) is 13.9. The third-order valence-corrected chi connectivity index (χ3v) is 1.77. The Morgan fingerprint density at radius 1 is 1.67 bits per heavy atom. The number of rotatable bonds is 4. The number of thiazole rings is 1. The van der Waals surface area contributed by atoms with Gasteiger partial charge in [-0.2, -0.15) is 0 Å². The van der Waals surface area contributed by atoms with Crippen LogP contribution in [0.5, 0.6) is 0 Å². The van der Waals surface area contributed by atoms with E-state index in [9.17, 15) is 4.79 Å². The first-order chi connectivity index (χ1) is 5.93. The lowest BCUT2D eigenvalue weighted by Crippen LogP contribution is -2.14. The average Bonchev–Trinajstić information content (AvgIpc) is 2.61. The van der Waals surface area contributed by atoms with Gasteiger partial charge in [0.25, 0.3) is 0 Å². The zero-order valence-electron chi connectivity index (χ0n) is 7.41. The highest BCUT2D eigenvalue weighted by Gasteiger charge is 1.91. The maximum absolute atomic E-state index is 9.85. The first-order valence-corrected chi connectivity index (χ1v) is 4.84. The summed E-state index contributed by atoms with van der Waals surface area (Å²) in [5.41, 5.74) is 0. The van der Waals surface area contributed by atoms with Crippen molar-refractivity contribution in [3.05, 3.63) is 16.6 Å². The number of carbonyl (C=O) groups excluding carboxylic acids is 1. The molecule has 0 fully saturated rings. The molecule has 68 valence electrons. The number of carbonyl (C=O) groups is 1. The van der Waals surface area contributed by atoms with Gasteiger partial charge in [0.15, 0.2) is 0 Å². The third-order valence-electron chi connectivity index (χ3n) is 0.987. The highest BCUT2D eigenvalue weighted by atomic mass is 32.1. The van der Waals surface area contributed by atoms with E-state index in [1.165, 1.54) is 0 Å². The summed E-state index contributed by atoms with van der Waals surface area (Å²) in [7, 11) is 0. The van der Waals surface area contributed by atoms with Crippen molar-refractivity contribution in [3.63, 3.8) is 0 Å². The van der Waals surface area contributed by atoms with Crippen LogP contribution in [-0.2, 0) is 11.3 Å². The van der Waals surface area contributed by atoms with Crippen LogP contribution in [-0.4, -0.2) is 17.8 Å². The maximum atomic E-state index is 9.85. The van der Waals surface area contributed by atoms with Gasteiger partial charge in [-0.05, 0) is 0 Å². The summed E-state index contributed by atoms with van der Waals surface area (Å²) in [6.45, 7) is 5.09. The molecule has 0 saturated carbocycles. The highest BCUT2D eigenvalue weighted by Crippen LogP contribution is 2.01. The number of hydrogen-bond donors (Lipinski definition) is 1. The van der Waals surface area contributed by atoms with Gasteiger partial charge in [0.05, 0.1) is 6.54 Å². The van der Waals surface area contributed by atoms with E-state index in [1.807, 2.05) is 19.2 Å². The van der Waals surface area contributed by atoms with Crippen molar-refractivity contribution < 1.29 is 4.79 Å². The van der Waals surface area contributed by atoms with Gasteiger partial charge in [-0.25, -0.2) is 4.98 Å². The molecule has 3 nitrogen and oxygen atoms in total. The van der Waals surface area contributed by atoms with Crippen LogP contribution < -0.4 is 5.32 Å². The van der Waals surface area contributed by atoms with Crippen LogP contribution in [0.3, 0.4) is 0 Å². The molecule has 0 amide bonds. The molecule has 0 aliphatic carbocycles. The van der Waals surface area contributed by atoms with Crippen LogP contribution in [0.4, 0.5) is 0 Å². The fraction of sp³-hybridized carbons (Fsp3) is 0.500. The van der Waals surface area contributed by atoms with Gasteiger partial charge in [-0.15, -0.1) is 11.3 Å².